The van der Waals surface area contributed by atoms with Crippen molar-refractivity contribution < 1.29 is 14.6 Å². The second-order valence-electron chi connectivity index (χ2n) is 9.67. The van der Waals surface area contributed by atoms with Crippen molar-refractivity contribution >= 4 is 66.6 Å². The van der Waals surface area contributed by atoms with Crippen molar-refractivity contribution in [3.8, 4) is 21.1 Å². The molecule has 0 bridgehead atoms. The molecule has 5 nitrogen and oxygen atoms in total. The van der Waals surface area contributed by atoms with Crippen LogP contribution < -0.4 is 0 Å². The summed E-state index contributed by atoms with van der Waals surface area (Å²) in [6.45, 7) is 4.96. The lowest BCUT2D eigenvalue weighted by Gasteiger charge is -2.03. The number of para-hydroxylation sites is 2. The van der Waals surface area contributed by atoms with Crippen molar-refractivity contribution in [1.29, 1.82) is 0 Å². The van der Waals surface area contributed by atoms with E-state index in [4.69, 9.17) is 19.6 Å². The van der Waals surface area contributed by atoms with Crippen LogP contribution in [0, 0.1) is 0 Å². The Balaban J connectivity index is 0.000000175. The van der Waals surface area contributed by atoms with Gasteiger partial charge in [0.25, 0.3) is 0 Å². The predicted octanol–water partition coefficient (Wildman–Crippen LogP) is 9.55. The number of aliphatic hydroxyl groups excluding tert-OH is 1. The average molecular weight is 661 g/mol. The first kappa shape index (κ1) is 32.6. The van der Waals surface area contributed by atoms with Gasteiger partial charge in [0.2, 0.25) is 0 Å². The van der Waals surface area contributed by atoms with Gasteiger partial charge in [-0.1, -0.05) is 55.5 Å². The van der Waals surface area contributed by atoms with Crippen LogP contribution >= 0.6 is 46.2 Å². The molecule has 0 saturated heterocycles. The Morgan fingerprint density at radius 1 is 0.591 bits per heavy atom. The number of benzene rings is 4. The molecule has 6 rings (SSSR count). The Bertz CT molecular complexity index is 1510. The predicted molar refractivity (Wildman–Crippen MR) is 191 cm³/mol. The molecular weight excluding hydrogens is 625 g/mol. The first-order valence-electron chi connectivity index (χ1n) is 14.7. The van der Waals surface area contributed by atoms with Gasteiger partial charge in [-0.2, -0.15) is 0 Å². The molecule has 0 amide bonds. The van der Waals surface area contributed by atoms with Gasteiger partial charge < -0.3 is 14.6 Å². The van der Waals surface area contributed by atoms with Crippen molar-refractivity contribution in [2.24, 2.45) is 0 Å². The van der Waals surface area contributed by atoms with Crippen molar-refractivity contribution in [3.05, 3.63) is 97.1 Å². The molecule has 2 heterocycles. The quantitative estimate of drug-likeness (QED) is 0.0922. The van der Waals surface area contributed by atoms with Gasteiger partial charge in [-0.25, -0.2) is 9.97 Å². The largest absolute Gasteiger partial charge is 0.394 e. The minimum atomic E-state index is 0.0849. The smallest absolute Gasteiger partial charge is 0.124 e. The SMILES string of the molecule is CCCOCCSc1ccc(-c2nc3ccccc3s2)cc1.OCCOCCSc1ccc(-c2nc3ccccc3s2)cc1. The molecule has 0 unspecified atom stereocenters. The molecule has 0 aliphatic carbocycles. The Kier molecular flexibility index (Phi) is 13.1. The van der Waals surface area contributed by atoms with Crippen LogP contribution in [0.1, 0.15) is 13.3 Å². The molecule has 0 aliphatic rings. The highest BCUT2D eigenvalue weighted by molar-refractivity contribution is 7.99. The molecule has 4 aromatic carbocycles. The average Bonchev–Trinajstić information content (AvgIpc) is 3.70. The number of thiazole rings is 2. The summed E-state index contributed by atoms with van der Waals surface area (Å²) in [6, 6.07) is 33.6. The standard InChI is InChI=1S/C18H19NOS2.C17H17NO2S2/c1-2-11-20-12-13-21-15-9-7-14(8-10-15)18-19-16-5-3-4-6-17(16)22-18;19-9-10-20-11-12-21-14-7-5-13(6-8-14)17-18-15-3-1-2-4-16(15)22-17/h3-10H,2,11-13H2,1H3;1-8,19H,9-12H2. The van der Waals surface area contributed by atoms with E-state index in [1.54, 1.807) is 34.4 Å². The van der Waals surface area contributed by atoms with Gasteiger partial charge >= 0.3 is 0 Å². The van der Waals surface area contributed by atoms with E-state index in [0.29, 0.717) is 13.2 Å². The fraction of sp³-hybridized carbons (Fsp3) is 0.257. The zero-order chi connectivity index (χ0) is 30.4. The summed E-state index contributed by atoms with van der Waals surface area (Å²) in [7, 11) is 0. The molecule has 0 aliphatic heterocycles. The van der Waals surface area contributed by atoms with E-state index in [-0.39, 0.29) is 6.61 Å². The lowest BCUT2D eigenvalue weighted by Crippen LogP contribution is -2.02. The van der Waals surface area contributed by atoms with Crippen LogP contribution in [0.25, 0.3) is 41.6 Å². The number of thioether (sulfide) groups is 2. The zero-order valence-electron chi connectivity index (χ0n) is 24.7. The fourth-order valence-electron chi connectivity index (χ4n) is 4.23. The number of hydrogen-bond acceptors (Lipinski definition) is 9. The second-order valence-corrected chi connectivity index (χ2v) is 14.1. The van der Waals surface area contributed by atoms with Crippen LogP contribution in [-0.2, 0) is 9.47 Å². The minimum Gasteiger partial charge on any atom is -0.394 e. The monoisotopic (exact) mass is 660 g/mol. The number of aromatic nitrogens is 2. The number of rotatable bonds is 14. The fourth-order valence-corrected chi connectivity index (χ4v) is 7.70. The lowest BCUT2D eigenvalue weighted by atomic mass is 10.2. The summed E-state index contributed by atoms with van der Waals surface area (Å²) in [4.78, 5) is 11.9. The van der Waals surface area contributed by atoms with E-state index in [0.717, 1.165) is 57.8 Å². The van der Waals surface area contributed by atoms with Gasteiger partial charge in [0.05, 0.1) is 46.9 Å². The molecule has 0 saturated carbocycles. The summed E-state index contributed by atoms with van der Waals surface area (Å²) < 4.78 is 13.2. The number of aliphatic hydroxyl groups is 1. The summed E-state index contributed by atoms with van der Waals surface area (Å²) >= 11 is 7.06. The van der Waals surface area contributed by atoms with Gasteiger partial charge in [0.15, 0.2) is 0 Å². The summed E-state index contributed by atoms with van der Waals surface area (Å²) in [5, 5.41) is 10.8. The normalized spacial score (nSPS) is 11.1. The second kappa shape index (κ2) is 17.7. The van der Waals surface area contributed by atoms with Crippen LogP contribution in [0.2, 0.25) is 0 Å². The maximum absolute atomic E-state index is 8.64. The molecule has 44 heavy (non-hydrogen) atoms. The van der Waals surface area contributed by atoms with Crippen LogP contribution in [0.4, 0.5) is 0 Å². The highest BCUT2D eigenvalue weighted by Crippen LogP contribution is 2.32. The van der Waals surface area contributed by atoms with E-state index in [1.807, 2.05) is 36.0 Å². The van der Waals surface area contributed by atoms with Crippen molar-refractivity contribution in [2.75, 3.05) is 44.5 Å². The summed E-state index contributed by atoms with van der Waals surface area (Å²) in [5.74, 6) is 1.89. The van der Waals surface area contributed by atoms with Crippen molar-refractivity contribution in [2.45, 2.75) is 23.1 Å². The Morgan fingerprint density at radius 3 is 1.48 bits per heavy atom. The number of nitrogens with zero attached hydrogens (tertiary/aromatic N) is 2. The maximum atomic E-state index is 8.64. The van der Waals surface area contributed by atoms with Crippen LogP contribution in [0.3, 0.4) is 0 Å². The van der Waals surface area contributed by atoms with Gasteiger partial charge in [-0.3, -0.25) is 0 Å². The highest BCUT2D eigenvalue weighted by atomic mass is 32.2. The van der Waals surface area contributed by atoms with Gasteiger partial charge in [0, 0.05) is 39.0 Å². The van der Waals surface area contributed by atoms with E-state index >= 15 is 0 Å². The maximum Gasteiger partial charge on any atom is 0.124 e. The van der Waals surface area contributed by atoms with Gasteiger partial charge in [-0.15, -0.1) is 46.2 Å². The van der Waals surface area contributed by atoms with Crippen molar-refractivity contribution in [1.82, 2.24) is 9.97 Å². The van der Waals surface area contributed by atoms with Crippen LogP contribution in [0.15, 0.2) is 107 Å². The number of hydrogen-bond donors (Lipinski definition) is 1. The molecule has 9 heteroatoms. The minimum absolute atomic E-state index is 0.0849. The molecule has 6 aromatic rings. The molecule has 0 fully saturated rings. The third-order valence-electron chi connectivity index (χ3n) is 6.37. The molecule has 0 atom stereocenters. The Hall–Kier alpha value is -2.76. The molecule has 0 spiro atoms. The van der Waals surface area contributed by atoms with Gasteiger partial charge in [-0.05, 0) is 55.0 Å². The molecule has 1 N–H and O–H groups in total. The van der Waals surface area contributed by atoms with Gasteiger partial charge in [0.1, 0.15) is 10.0 Å². The van der Waals surface area contributed by atoms with E-state index in [2.05, 4.69) is 84.7 Å². The molecule has 0 radical (unpaired) electrons. The number of ether oxygens (including phenoxy) is 2. The summed E-state index contributed by atoms with van der Waals surface area (Å²) in [5.41, 5.74) is 4.48. The molecule has 2 aromatic heterocycles. The first-order chi connectivity index (χ1) is 21.7. The first-order valence-corrected chi connectivity index (χ1v) is 18.3. The third kappa shape index (κ3) is 9.62. The summed E-state index contributed by atoms with van der Waals surface area (Å²) in [6.07, 6.45) is 1.08. The van der Waals surface area contributed by atoms with E-state index in [9.17, 15) is 0 Å². The third-order valence-corrected chi connectivity index (χ3v) is 10.5. The lowest BCUT2D eigenvalue weighted by molar-refractivity contribution is 0.103. The molecule has 228 valence electrons. The Labute approximate surface area is 275 Å². The van der Waals surface area contributed by atoms with Crippen LogP contribution in [0.5, 0.6) is 0 Å². The number of fused-ring (bicyclic) bond motifs is 2. The van der Waals surface area contributed by atoms with E-state index in [1.165, 1.54) is 24.8 Å². The Morgan fingerprint density at radius 2 is 1.05 bits per heavy atom. The topological polar surface area (TPSA) is 64.5 Å². The zero-order valence-corrected chi connectivity index (χ0v) is 28.0. The highest BCUT2D eigenvalue weighted by Gasteiger charge is 2.07. The van der Waals surface area contributed by atoms with Crippen LogP contribution in [-0.4, -0.2) is 59.6 Å². The van der Waals surface area contributed by atoms with E-state index < -0.39 is 0 Å². The molecular formula is C35H36N2O3S4. The van der Waals surface area contributed by atoms with Crippen molar-refractivity contribution in [3.63, 3.8) is 0 Å².